The molecule has 154 valence electrons. The number of nitrogens with one attached hydrogen (secondary N) is 1. The lowest BCUT2D eigenvalue weighted by Gasteiger charge is -2.25. The fraction of sp³-hybridized carbons (Fsp3) is 0.100. The summed E-state index contributed by atoms with van der Waals surface area (Å²) in [5.74, 6) is -2.65. The van der Waals surface area contributed by atoms with Gasteiger partial charge in [-0.05, 0) is 35.9 Å². The summed E-state index contributed by atoms with van der Waals surface area (Å²) in [6.07, 6.45) is 1.21. The molecule has 1 heterocycles. The Bertz CT molecular complexity index is 1220. The van der Waals surface area contributed by atoms with Gasteiger partial charge in [-0.2, -0.15) is 0 Å². The molecule has 1 amide bonds. The summed E-state index contributed by atoms with van der Waals surface area (Å²) < 4.78 is 4.55. The number of methoxy groups -OCH3 is 1. The van der Waals surface area contributed by atoms with Crippen molar-refractivity contribution in [2.24, 2.45) is 4.99 Å². The van der Waals surface area contributed by atoms with Gasteiger partial charge in [0.15, 0.2) is 0 Å². The number of carbonyl (C=O) groups is 3. The van der Waals surface area contributed by atoms with Crippen LogP contribution in [0.3, 0.4) is 0 Å². The lowest BCUT2D eigenvalue weighted by Crippen LogP contribution is -2.35. The van der Waals surface area contributed by atoms with Crippen LogP contribution in [0.1, 0.15) is 5.56 Å². The number of anilines is 1. The van der Waals surface area contributed by atoms with Crippen LogP contribution in [-0.4, -0.2) is 35.4 Å². The summed E-state index contributed by atoms with van der Waals surface area (Å²) in [7, 11) is 1.19. The first-order chi connectivity index (χ1) is 14.2. The minimum Gasteiger partial charge on any atom is -0.479 e. The lowest BCUT2D eigenvalue weighted by atomic mass is 9.82. The van der Waals surface area contributed by atoms with E-state index in [1.165, 1.54) is 43.5 Å². The predicted molar refractivity (Wildman–Crippen MR) is 109 cm³/mol. The molecule has 0 aliphatic carbocycles. The molecular formula is C20H14Cl2N2O6. The van der Waals surface area contributed by atoms with Crippen LogP contribution in [0.2, 0.25) is 10.0 Å². The monoisotopic (exact) mass is 448 g/mol. The van der Waals surface area contributed by atoms with Gasteiger partial charge in [0, 0.05) is 27.6 Å². The van der Waals surface area contributed by atoms with Crippen molar-refractivity contribution in [3.05, 3.63) is 74.7 Å². The first-order valence-electron chi connectivity index (χ1n) is 8.38. The van der Waals surface area contributed by atoms with E-state index in [9.17, 15) is 19.5 Å². The molecule has 3 rings (SSSR count). The summed E-state index contributed by atoms with van der Waals surface area (Å²) in [4.78, 5) is 39.6. The Balaban J connectivity index is 2.35. The number of ether oxygens (including phenoxy) is 1. The molecule has 2 aromatic rings. The zero-order valence-electron chi connectivity index (χ0n) is 15.3. The van der Waals surface area contributed by atoms with Crippen molar-refractivity contribution in [1.82, 2.24) is 0 Å². The Morgan fingerprint density at radius 2 is 1.90 bits per heavy atom. The molecule has 1 atom stereocenters. The van der Waals surface area contributed by atoms with Gasteiger partial charge in [0.25, 0.3) is 0 Å². The van der Waals surface area contributed by atoms with Crippen molar-refractivity contribution in [1.29, 1.82) is 0 Å². The number of carbonyl (C=O) groups excluding carboxylic acids is 1. The molecule has 1 aliphatic rings. The Labute approximate surface area is 179 Å². The highest BCUT2D eigenvalue weighted by molar-refractivity contribution is 6.34. The van der Waals surface area contributed by atoms with E-state index in [-0.39, 0.29) is 37.4 Å². The first-order valence-corrected chi connectivity index (χ1v) is 9.14. The molecular weight excluding hydrogens is 435 g/mol. The third kappa shape index (κ3) is 3.74. The second kappa shape index (κ2) is 8.17. The van der Waals surface area contributed by atoms with Crippen molar-refractivity contribution in [3.63, 3.8) is 0 Å². The maximum absolute atomic E-state index is 12.5. The van der Waals surface area contributed by atoms with Crippen LogP contribution in [0.15, 0.2) is 53.5 Å². The fourth-order valence-electron chi connectivity index (χ4n) is 3.19. The molecule has 8 nitrogen and oxygen atoms in total. The fourth-order valence-corrected chi connectivity index (χ4v) is 3.78. The van der Waals surface area contributed by atoms with Gasteiger partial charge >= 0.3 is 18.0 Å². The van der Waals surface area contributed by atoms with E-state index < -0.39 is 23.6 Å². The van der Waals surface area contributed by atoms with Crippen molar-refractivity contribution < 1.29 is 29.3 Å². The molecule has 1 unspecified atom stereocenters. The minimum absolute atomic E-state index is 0.0456. The second-order valence-corrected chi connectivity index (χ2v) is 7.04. The Morgan fingerprint density at radius 3 is 2.53 bits per heavy atom. The van der Waals surface area contributed by atoms with Crippen molar-refractivity contribution in [2.75, 3.05) is 12.4 Å². The normalized spacial score (nSPS) is 17.4. The van der Waals surface area contributed by atoms with Gasteiger partial charge in [-0.3, -0.25) is 10.3 Å². The topological polar surface area (TPSA) is 125 Å². The first kappa shape index (κ1) is 21.4. The average Bonchev–Trinajstić information content (AvgIpc) is 3.02. The zero-order chi connectivity index (χ0) is 22.1. The van der Waals surface area contributed by atoms with E-state index in [4.69, 9.17) is 28.3 Å². The van der Waals surface area contributed by atoms with Gasteiger partial charge in [-0.1, -0.05) is 35.3 Å². The molecule has 2 aromatic carbocycles. The van der Waals surface area contributed by atoms with Gasteiger partial charge < -0.3 is 14.9 Å². The molecule has 10 heteroatoms. The number of nitrogens with zero attached hydrogens (tertiary/aromatic N) is 1. The molecule has 0 saturated carbocycles. The van der Waals surface area contributed by atoms with Gasteiger partial charge in [-0.25, -0.2) is 14.4 Å². The Hall–Kier alpha value is -3.36. The molecule has 0 saturated heterocycles. The van der Waals surface area contributed by atoms with Crippen LogP contribution < -0.4 is 15.9 Å². The molecule has 0 spiro atoms. The van der Waals surface area contributed by atoms with Gasteiger partial charge in [0.1, 0.15) is 0 Å². The van der Waals surface area contributed by atoms with Crippen LogP contribution in [0.25, 0.3) is 5.57 Å². The molecule has 30 heavy (non-hydrogen) atoms. The molecule has 3 N–H and O–H groups in total. The number of fused-ring (bicyclic) bond motifs is 1. The summed E-state index contributed by atoms with van der Waals surface area (Å²) in [5.41, 5.74) is -1.55. The number of benzene rings is 2. The van der Waals surface area contributed by atoms with Gasteiger partial charge in [0.05, 0.1) is 17.5 Å². The summed E-state index contributed by atoms with van der Waals surface area (Å²) in [6.45, 7) is 0. The second-order valence-electron chi connectivity index (χ2n) is 6.19. The number of hydrogen-bond acceptors (Lipinski definition) is 5. The van der Waals surface area contributed by atoms with Gasteiger partial charge in [-0.15, -0.1) is 0 Å². The molecule has 0 fully saturated rings. The number of halogens is 2. The van der Waals surface area contributed by atoms with Crippen LogP contribution >= 0.6 is 23.2 Å². The number of rotatable bonds is 5. The molecule has 0 aromatic heterocycles. The van der Waals surface area contributed by atoms with Crippen LogP contribution in [0.4, 0.5) is 10.5 Å². The maximum Gasteiger partial charge on any atom is 0.411 e. The number of carboxylic acid groups (broad SMARTS) is 2. The predicted octanol–water partition coefficient (Wildman–Crippen LogP) is 2.58. The highest BCUT2D eigenvalue weighted by Gasteiger charge is 2.46. The zero-order valence-corrected chi connectivity index (χ0v) is 16.9. The smallest absolute Gasteiger partial charge is 0.411 e. The Morgan fingerprint density at radius 1 is 1.17 bits per heavy atom. The van der Waals surface area contributed by atoms with E-state index in [0.29, 0.717) is 0 Å². The van der Waals surface area contributed by atoms with Crippen molar-refractivity contribution in [2.45, 2.75) is 5.54 Å². The summed E-state index contributed by atoms with van der Waals surface area (Å²) >= 11 is 12.4. The van der Waals surface area contributed by atoms with E-state index in [1.807, 2.05) is 0 Å². The van der Waals surface area contributed by atoms with Crippen LogP contribution in [-0.2, 0) is 19.9 Å². The summed E-state index contributed by atoms with van der Waals surface area (Å²) in [5, 5.41) is 22.6. The lowest BCUT2D eigenvalue weighted by molar-refractivity contribution is -0.141. The highest BCUT2D eigenvalue weighted by atomic mass is 35.5. The van der Waals surface area contributed by atoms with Crippen molar-refractivity contribution in [3.8, 4) is 0 Å². The SMILES string of the molecule is COC(=O)Nc1cccc(C2(C(=O)O)N=c3cc(Cl)cc(Cl)c3=C2C=CC(=O)O)c1. The quantitative estimate of drug-likeness (QED) is 0.603. The Kier molecular flexibility index (Phi) is 5.82. The molecule has 0 radical (unpaired) electrons. The van der Waals surface area contributed by atoms with Crippen LogP contribution in [0, 0.1) is 0 Å². The largest absolute Gasteiger partial charge is 0.479 e. The van der Waals surface area contributed by atoms with E-state index >= 15 is 0 Å². The molecule has 1 aliphatic heterocycles. The van der Waals surface area contributed by atoms with Crippen LogP contribution in [0.5, 0.6) is 0 Å². The van der Waals surface area contributed by atoms with E-state index in [0.717, 1.165) is 12.2 Å². The summed E-state index contributed by atoms with van der Waals surface area (Å²) in [6, 6.07) is 8.82. The van der Waals surface area contributed by atoms with E-state index in [2.05, 4.69) is 15.0 Å². The molecule has 0 bridgehead atoms. The van der Waals surface area contributed by atoms with Gasteiger partial charge in [0.2, 0.25) is 5.54 Å². The number of aliphatic carboxylic acids is 2. The number of carboxylic acids is 2. The van der Waals surface area contributed by atoms with E-state index in [1.54, 1.807) is 0 Å². The average molecular weight is 449 g/mol. The number of amides is 1. The highest BCUT2D eigenvalue weighted by Crippen LogP contribution is 2.38. The third-order valence-electron chi connectivity index (χ3n) is 4.40. The third-order valence-corrected chi connectivity index (χ3v) is 4.91. The number of hydrogen-bond donors (Lipinski definition) is 3. The minimum atomic E-state index is -2.02. The maximum atomic E-state index is 12.5. The van der Waals surface area contributed by atoms with Crippen molar-refractivity contribution >= 4 is 52.5 Å². The standard InChI is InChI=1S/C20H14Cl2N2O6/c1-30-19(29)23-12-4-2-3-10(7-12)20(18(27)28)13(5-6-16(25)26)17-14(22)8-11(21)9-15(17)24-20/h2-9H,1H3,(H,23,29)(H,25,26)(H,27,28).